The lowest BCUT2D eigenvalue weighted by molar-refractivity contribution is 0.0696. The van der Waals surface area contributed by atoms with Gasteiger partial charge in [0.1, 0.15) is 11.3 Å². The van der Waals surface area contributed by atoms with Gasteiger partial charge in [0, 0.05) is 6.54 Å². The van der Waals surface area contributed by atoms with E-state index >= 15 is 0 Å². The van der Waals surface area contributed by atoms with Gasteiger partial charge in [-0.25, -0.2) is 4.79 Å². The quantitative estimate of drug-likeness (QED) is 0.613. The molecule has 6 heteroatoms. The molecule has 0 atom stereocenters. The van der Waals surface area contributed by atoms with Crippen LogP contribution in [0.4, 0.5) is 6.01 Å². The number of carboxylic acids is 1. The molecule has 0 aliphatic heterocycles. The maximum Gasteiger partial charge on any atom is 0.335 e. The van der Waals surface area contributed by atoms with E-state index in [1.165, 1.54) is 6.07 Å². The van der Waals surface area contributed by atoms with Gasteiger partial charge >= 0.3 is 5.97 Å². The average Bonchev–Trinajstić information content (AvgIpc) is 3.01. The minimum absolute atomic E-state index is 0.227. The van der Waals surface area contributed by atoms with Crippen LogP contribution in [0, 0.1) is 0 Å². The molecule has 0 saturated heterocycles. The molecule has 1 aromatic heterocycles. The highest BCUT2D eigenvalue weighted by Crippen LogP contribution is 2.18. The number of benzene rings is 2. The summed E-state index contributed by atoms with van der Waals surface area (Å²) in [5.74, 6) is -0.384. The number of carboxylic acid groups (broad SMARTS) is 1. The van der Waals surface area contributed by atoms with Crippen molar-refractivity contribution in [1.82, 2.24) is 4.98 Å². The number of hydrogen-bond acceptors (Lipinski definition) is 5. The van der Waals surface area contributed by atoms with E-state index in [0.717, 1.165) is 30.5 Å². The Morgan fingerprint density at radius 2 is 2.04 bits per heavy atom. The Balaban J connectivity index is 1.38. The molecule has 0 saturated carbocycles. The number of oxazole rings is 1. The zero-order valence-electron chi connectivity index (χ0n) is 13.1. The van der Waals surface area contributed by atoms with Crippen molar-refractivity contribution in [2.24, 2.45) is 0 Å². The van der Waals surface area contributed by atoms with Crippen LogP contribution >= 0.6 is 0 Å². The molecule has 2 N–H and O–H groups in total. The molecule has 0 radical (unpaired) electrons. The van der Waals surface area contributed by atoms with Crippen LogP contribution in [0.15, 0.2) is 52.9 Å². The number of aromatic nitrogens is 1. The van der Waals surface area contributed by atoms with Gasteiger partial charge in [-0.1, -0.05) is 18.2 Å². The fourth-order valence-electron chi connectivity index (χ4n) is 2.28. The Labute approximate surface area is 139 Å². The molecule has 0 spiro atoms. The summed E-state index contributed by atoms with van der Waals surface area (Å²) in [7, 11) is 0. The lowest BCUT2D eigenvalue weighted by Crippen LogP contribution is -2.05. The summed E-state index contributed by atoms with van der Waals surface area (Å²) in [6.45, 7) is 1.25. The fourth-order valence-corrected chi connectivity index (χ4v) is 2.28. The number of anilines is 1. The topological polar surface area (TPSA) is 84.6 Å². The van der Waals surface area contributed by atoms with Gasteiger partial charge in [0.05, 0.1) is 12.2 Å². The van der Waals surface area contributed by atoms with Gasteiger partial charge in [0.25, 0.3) is 6.01 Å². The molecule has 0 aliphatic rings. The van der Waals surface area contributed by atoms with Crippen molar-refractivity contribution in [3.05, 3.63) is 54.1 Å². The molecular weight excluding hydrogens is 308 g/mol. The molecule has 0 aliphatic carbocycles. The van der Waals surface area contributed by atoms with Crippen LogP contribution in [0.2, 0.25) is 0 Å². The number of nitrogens with zero attached hydrogens (tertiary/aromatic N) is 1. The van der Waals surface area contributed by atoms with Crippen LogP contribution in [-0.4, -0.2) is 29.2 Å². The Hall–Kier alpha value is -3.02. The molecule has 0 unspecified atom stereocenters. The minimum atomic E-state index is -0.956. The Bertz CT molecular complexity index is 796. The van der Waals surface area contributed by atoms with Gasteiger partial charge in [-0.05, 0) is 43.2 Å². The minimum Gasteiger partial charge on any atom is -0.494 e. The average molecular weight is 326 g/mol. The van der Waals surface area contributed by atoms with Crippen molar-refractivity contribution in [2.75, 3.05) is 18.5 Å². The Kier molecular flexibility index (Phi) is 4.96. The standard InChI is InChI=1S/C18H18N2O4/c21-17(22)13-6-5-7-14(12-13)23-11-4-3-10-19-18-20-15-8-1-2-9-16(15)24-18/h1-2,5-9,12H,3-4,10-11H2,(H,19,20)(H,21,22). The van der Waals surface area contributed by atoms with Crippen molar-refractivity contribution < 1.29 is 19.1 Å². The van der Waals surface area contributed by atoms with Crippen LogP contribution in [0.25, 0.3) is 11.1 Å². The third-order valence-electron chi connectivity index (χ3n) is 3.49. The second kappa shape index (κ2) is 7.50. The predicted molar refractivity (Wildman–Crippen MR) is 90.6 cm³/mol. The lowest BCUT2D eigenvalue weighted by atomic mass is 10.2. The number of ether oxygens (including phenoxy) is 1. The van der Waals surface area contributed by atoms with Crippen molar-refractivity contribution in [3.8, 4) is 5.75 Å². The Morgan fingerprint density at radius 1 is 1.17 bits per heavy atom. The van der Waals surface area contributed by atoms with Gasteiger partial charge in [-0.15, -0.1) is 0 Å². The molecule has 0 bridgehead atoms. The van der Waals surface area contributed by atoms with Crippen LogP contribution in [0.1, 0.15) is 23.2 Å². The van der Waals surface area contributed by atoms with E-state index in [-0.39, 0.29) is 5.56 Å². The number of fused-ring (bicyclic) bond motifs is 1. The van der Waals surface area contributed by atoms with Gasteiger partial charge in [0.2, 0.25) is 0 Å². The molecule has 0 fully saturated rings. The highest BCUT2D eigenvalue weighted by molar-refractivity contribution is 5.88. The van der Waals surface area contributed by atoms with E-state index in [0.29, 0.717) is 18.4 Å². The maximum atomic E-state index is 10.9. The van der Waals surface area contributed by atoms with Crippen molar-refractivity contribution in [1.29, 1.82) is 0 Å². The summed E-state index contributed by atoms with van der Waals surface area (Å²) in [4.78, 5) is 15.2. The van der Waals surface area contributed by atoms with E-state index in [9.17, 15) is 4.79 Å². The number of unbranched alkanes of at least 4 members (excludes halogenated alkanes) is 1. The van der Waals surface area contributed by atoms with Gasteiger partial charge in [-0.3, -0.25) is 0 Å². The van der Waals surface area contributed by atoms with Gasteiger partial charge in [-0.2, -0.15) is 4.98 Å². The first kappa shape index (κ1) is 15.9. The molecule has 0 amide bonds. The number of rotatable bonds is 8. The van der Waals surface area contributed by atoms with Gasteiger partial charge in [0.15, 0.2) is 5.58 Å². The smallest absolute Gasteiger partial charge is 0.335 e. The lowest BCUT2D eigenvalue weighted by Gasteiger charge is -2.07. The summed E-state index contributed by atoms with van der Waals surface area (Å²) >= 11 is 0. The van der Waals surface area contributed by atoms with E-state index < -0.39 is 5.97 Å². The third-order valence-corrected chi connectivity index (χ3v) is 3.49. The van der Waals surface area contributed by atoms with Crippen molar-refractivity contribution in [3.63, 3.8) is 0 Å². The molecule has 2 aromatic carbocycles. The molecule has 3 rings (SSSR count). The fraction of sp³-hybridized carbons (Fsp3) is 0.222. The van der Waals surface area contributed by atoms with Crippen LogP contribution in [-0.2, 0) is 0 Å². The zero-order valence-corrected chi connectivity index (χ0v) is 13.1. The molecule has 124 valence electrons. The zero-order chi connectivity index (χ0) is 16.8. The number of nitrogens with one attached hydrogen (secondary N) is 1. The molecule has 24 heavy (non-hydrogen) atoms. The van der Waals surface area contributed by atoms with Crippen LogP contribution in [0.5, 0.6) is 5.75 Å². The maximum absolute atomic E-state index is 10.9. The first-order valence-electron chi connectivity index (χ1n) is 7.78. The van der Waals surface area contributed by atoms with Crippen LogP contribution in [0.3, 0.4) is 0 Å². The Morgan fingerprint density at radius 3 is 2.88 bits per heavy atom. The SMILES string of the molecule is O=C(O)c1cccc(OCCCCNc2nc3ccccc3o2)c1. The summed E-state index contributed by atoms with van der Waals surface area (Å²) in [6.07, 6.45) is 1.72. The number of carbonyl (C=O) groups is 1. The van der Waals surface area contributed by atoms with E-state index in [1.807, 2.05) is 24.3 Å². The van der Waals surface area contributed by atoms with E-state index in [4.69, 9.17) is 14.3 Å². The monoisotopic (exact) mass is 326 g/mol. The number of aromatic carboxylic acids is 1. The summed E-state index contributed by atoms with van der Waals surface area (Å²) in [6, 6.07) is 14.6. The molecule has 3 aromatic rings. The third kappa shape index (κ3) is 4.04. The normalized spacial score (nSPS) is 10.7. The summed E-state index contributed by atoms with van der Waals surface area (Å²) in [5.41, 5.74) is 1.83. The summed E-state index contributed by atoms with van der Waals surface area (Å²) in [5, 5.41) is 12.1. The number of hydrogen-bond donors (Lipinski definition) is 2. The van der Waals surface area contributed by atoms with Crippen molar-refractivity contribution in [2.45, 2.75) is 12.8 Å². The van der Waals surface area contributed by atoms with Gasteiger partial charge < -0.3 is 19.6 Å². The highest BCUT2D eigenvalue weighted by atomic mass is 16.5. The summed E-state index contributed by atoms with van der Waals surface area (Å²) < 4.78 is 11.1. The predicted octanol–water partition coefficient (Wildman–Crippen LogP) is 3.80. The molecule has 6 nitrogen and oxygen atoms in total. The van der Waals surface area contributed by atoms with Crippen molar-refractivity contribution >= 4 is 23.1 Å². The first-order valence-corrected chi connectivity index (χ1v) is 7.78. The van der Waals surface area contributed by atoms with E-state index in [1.54, 1.807) is 18.2 Å². The molecular formula is C18H18N2O4. The highest BCUT2D eigenvalue weighted by Gasteiger charge is 2.05. The first-order chi connectivity index (χ1) is 11.7. The van der Waals surface area contributed by atoms with E-state index in [2.05, 4.69) is 10.3 Å². The molecule has 1 heterocycles. The van der Waals surface area contributed by atoms with Crippen LogP contribution < -0.4 is 10.1 Å². The number of para-hydroxylation sites is 2. The second-order valence-corrected chi connectivity index (χ2v) is 5.30. The largest absolute Gasteiger partial charge is 0.494 e. The second-order valence-electron chi connectivity index (χ2n) is 5.30.